The van der Waals surface area contributed by atoms with Crippen LogP contribution in [-0.4, -0.2) is 12.8 Å². The maximum absolute atomic E-state index is 13.4. The quantitative estimate of drug-likeness (QED) is 0.408. The van der Waals surface area contributed by atoms with E-state index in [9.17, 15) is 13.2 Å². The van der Waals surface area contributed by atoms with Crippen molar-refractivity contribution in [2.24, 2.45) is 11.8 Å². The van der Waals surface area contributed by atoms with Crippen LogP contribution in [0.3, 0.4) is 0 Å². The minimum Gasteiger partial charge on any atom is -0.493 e. The lowest BCUT2D eigenvalue weighted by molar-refractivity contribution is 0.167. The lowest BCUT2D eigenvalue weighted by Gasteiger charge is -2.29. The zero-order chi connectivity index (χ0) is 19.9. The van der Waals surface area contributed by atoms with Gasteiger partial charge in [-0.05, 0) is 61.6 Å². The van der Waals surface area contributed by atoms with Gasteiger partial charge in [-0.15, -0.1) is 0 Å². The Labute approximate surface area is 167 Å². The number of benzene rings is 1. The molecular weight excluding hydrogens is 361 g/mol. The van der Waals surface area contributed by atoms with Gasteiger partial charge in [-0.1, -0.05) is 44.7 Å². The Morgan fingerprint density at radius 3 is 2.32 bits per heavy atom. The number of ether oxygens (including phenoxy) is 1. The average molecular weight is 395 g/mol. The predicted octanol–water partition coefficient (Wildman–Crippen LogP) is 7.82. The first-order chi connectivity index (χ1) is 13.6. The van der Waals surface area contributed by atoms with E-state index in [1.165, 1.54) is 56.9 Å². The summed E-state index contributed by atoms with van der Waals surface area (Å²) in [6, 6.07) is 8.14. The molecule has 0 radical (unpaired) electrons. The summed E-state index contributed by atoms with van der Waals surface area (Å²) in [6.45, 7) is 2.47. The van der Waals surface area contributed by atoms with Crippen molar-refractivity contribution in [3.8, 4) is 5.75 Å². The van der Waals surface area contributed by atoms with E-state index in [-0.39, 0.29) is 25.4 Å². The molecule has 0 aromatic heterocycles. The van der Waals surface area contributed by atoms with Crippen LogP contribution in [0.15, 0.2) is 35.9 Å². The molecule has 4 heteroatoms. The fourth-order valence-corrected chi connectivity index (χ4v) is 4.65. The number of halogens is 3. The van der Waals surface area contributed by atoms with E-state index in [2.05, 4.69) is 19.1 Å². The van der Waals surface area contributed by atoms with Crippen molar-refractivity contribution in [1.29, 1.82) is 0 Å². The predicted molar refractivity (Wildman–Crippen MR) is 108 cm³/mol. The molecule has 28 heavy (non-hydrogen) atoms. The Balaban J connectivity index is 1.43. The largest absolute Gasteiger partial charge is 0.493 e. The highest BCUT2D eigenvalue weighted by molar-refractivity contribution is 5.29. The van der Waals surface area contributed by atoms with Gasteiger partial charge in [0.25, 0.3) is 0 Å². The van der Waals surface area contributed by atoms with Crippen LogP contribution in [-0.2, 0) is 0 Å². The van der Waals surface area contributed by atoms with Crippen molar-refractivity contribution in [2.75, 3.05) is 6.61 Å². The molecule has 0 aliphatic heterocycles. The van der Waals surface area contributed by atoms with Gasteiger partial charge in [0.05, 0.1) is 6.61 Å². The van der Waals surface area contributed by atoms with Gasteiger partial charge in [0.15, 0.2) is 12.0 Å². The maximum atomic E-state index is 13.4. The van der Waals surface area contributed by atoms with E-state index < -0.39 is 17.8 Å². The Hall–Kier alpha value is -1.45. The van der Waals surface area contributed by atoms with Gasteiger partial charge in [-0.2, -0.15) is 0 Å². The zero-order valence-corrected chi connectivity index (χ0v) is 16.9. The molecule has 2 aliphatic rings. The zero-order valence-electron chi connectivity index (χ0n) is 16.9. The molecule has 0 unspecified atom stereocenters. The summed E-state index contributed by atoms with van der Waals surface area (Å²) in [4.78, 5) is 0. The molecule has 2 aliphatic carbocycles. The molecule has 1 aromatic rings. The fourth-order valence-electron chi connectivity index (χ4n) is 4.65. The summed E-state index contributed by atoms with van der Waals surface area (Å²) < 4.78 is 45.7. The average Bonchev–Trinajstić information content (AvgIpc) is 2.71. The van der Waals surface area contributed by atoms with Gasteiger partial charge in [0.1, 0.15) is 11.6 Å². The normalized spacial score (nSPS) is 28.4. The number of unbranched alkanes of at least 4 members (excludes halogenated alkanes) is 2. The van der Waals surface area contributed by atoms with Gasteiger partial charge < -0.3 is 4.74 Å². The second-order valence-electron chi connectivity index (χ2n) is 8.62. The van der Waals surface area contributed by atoms with Crippen molar-refractivity contribution < 1.29 is 17.9 Å². The first-order valence-electron chi connectivity index (χ1n) is 11.0. The van der Waals surface area contributed by atoms with Crippen molar-refractivity contribution >= 4 is 0 Å². The first-order valence-corrected chi connectivity index (χ1v) is 11.0. The number of rotatable bonds is 8. The third-order valence-electron chi connectivity index (χ3n) is 6.44. The molecule has 0 N–H and O–H groups in total. The van der Waals surface area contributed by atoms with E-state index in [0.29, 0.717) is 11.7 Å². The van der Waals surface area contributed by atoms with E-state index >= 15 is 0 Å². The monoisotopic (exact) mass is 394 g/mol. The Morgan fingerprint density at radius 1 is 0.964 bits per heavy atom. The van der Waals surface area contributed by atoms with Crippen LogP contribution >= 0.6 is 0 Å². The Bertz CT molecular complexity index is 632. The topological polar surface area (TPSA) is 9.23 Å². The molecule has 1 nitrogen and oxygen atoms in total. The number of hydrogen-bond acceptors (Lipinski definition) is 1. The standard InChI is InChI=1S/C24H33F3O/c1-2-3-4-5-17-6-8-19(9-7-17)20-10-12-21(13-11-20)28-16-18-14-22(25)24(27)23(26)15-18/h10-13,17-19,22H,2-9,14-16H2,1H3/t17?,18-,19?,22-/m1/s1. The molecule has 1 saturated carbocycles. The van der Waals surface area contributed by atoms with Gasteiger partial charge in [0, 0.05) is 12.3 Å². The Morgan fingerprint density at radius 2 is 1.68 bits per heavy atom. The smallest absolute Gasteiger partial charge is 0.165 e. The molecule has 2 atom stereocenters. The summed E-state index contributed by atoms with van der Waals surface area (Å²) in [5.74, 6) is -0.280. The van der Waals surface area contributed by atoms with E-state index in [4.69, 9.17) is 4.74 Å². The summed E-state index contributed by atoms with van der Waals surface area (Å²) in [5, 5.41) is 0. The molecule has 1 fully saturated rings. The molecule has 0 amide bonds. The minimum atomic E-state index is -1.83. The lowest BCUT2D eigenvalue weighted by Crippen LogP contribution is -2.22. The second kappa shape index (κ2) is 10.4. The number of alkyl halides is 1. The van der Waals surface area contributed by atoms with Crippen molar-refractivity contribution in [2.45, 2.75) is 83.2 Å². The molecule has 0 spiro atoms. The molecule has 3 rings (SSSR count). The molecular formula is C24H33F3O. The van der Waals surface area contributed by atoms with Gasteiger partial charge in [-0.25, -0.2) is 13.2 Å². The number of hydrogen-bond donors (Lipinski definition) is 0. The summed E-state index contributed by atoms with van der Waals surface area (Å²) in [5.41, 5.74) is 1.36. The molecule has 0 bridgehead atoms. The molecule has 0 heterocycles. The van der Waals surface area contributed by atoms with E-state index in [1.807, 2.05) is 12.1 Å². The van der Waals surface area contributed by atoms with E-state index in [0.717, 1.165) is 5.92 Å². The van der Waals surface area contributed by atoms with Crippen LogP contribution < -0.4 is 4.74 Å². The van der Waals surface area contributed by atoms with Crippen LogP contribution in [0.2, 0.25) is 0 Å². The van der Waals surface area contributed by atoms with Gasteiger partial charge in [0.2, 0.25) is 0 Å². The second-order valence-corrected chi connectivity index (χ2v) is 8.62. The van der Waals surface area contributed by atoms with E-state index in [1.54, 1.807) is 0 Å². The lowest BCUT2D eigenvalue weighted by atomic mass is 9.77. The highest BCUT2D eigenvalue weighted by Crippen LogP contribution is 2.38. The third-order valence-corrected chi connectivity index (χ3v) is 6.44. The van der Waals surface area contributed by atoms with Crippen LogP contribution in [0.4, 0.5) is 13.2 Å². The van der Waals surface area contributed by atoms with Gasteiger partial charge in [-0.3, -0.25) is 0 Å². The maximum Gasteiger partial charge on any atom is 0.165 e. The van der Waals surface area contributed by atoms with Crippen LogP contribution in [0.5, 0.6) is 5.75 Å². The molecule has 0 saturated heterocycles. The van der Waals surface area contributed by atoms with Crippen molar-refractivity contribution in [1.82, 2.24) is 0 Å². The van der Waals surface area contributed by atoms with Crippen molar-refractivity contribution in [3.05, 3.63) is 41.5 Å². The highest BCUT2D eigenvalue weighted by atomic mass is 19.2. The van der Waals surface area contributed by atoms with Crippen LogP contribution in [0, 0.1) is 11.8 Å². The van der Waals surface area contributed by atoms with Gasteiger partial charge >= 0.3 is 0 Å². The number of allylic oxidation sites excluding steroid dienone is 2. The van der Waals surface area contributed by atoms with Crippen LogP contribution in [0.25, 0.3) is 0 Å². The fraction of sp³-hybridized carbons (Fsp3) is 0.667. The molecule has 156 valence electrons. The summed E-state index contributed by atoms with van der Waals surface area (Å²) in [6.07, 6.45) is 8.65. The first kappa shape index (κ1) is 21.3. The Kier molecular flexibility index (Phi) is 7.87. The molecule has 1 aromatic carbocycles. The summed E-state index contributed by atoms with van der Waals surface area (Å²) >= 11 is 0. The third kappa shape index (κ3) is 5.78. The van der Waals surface area contributed by atoms with Crippen LogP contribution in [0.1, 0.15) is 82.6 Å². The minimum absolute atomic E-state index is 0.0150. The SMILES string of the molecule is CCCCCC1CCC(c2ccc(OC[C@H]3CC(F)=C(F)[C@H](F)C3)cc2)CC1. The highest BCUT2D eigenvalue weighted by Gasteiger charge is 2.30. The van der Waals surface area contributed by atoms with Crippen molar-refractivity contribution in [3.63, 3.8) is 0 Å². The summed E-state index contributed by atoms with van der Waals surface area (Å²) in [7, 11) is 0.